The molecule has 0 aliphatic heterocycles. The van der Waals surface area contributed by atoms with Crippen LogP contribution in [0.4, 0.5) is 0 Å². The van der Waals surface area contributed by atoms with Crippen molar-refractivity contribution in [1.29, 1.82) is 0 Å². The summed E-state index contributed by atoms with van der Waals surface area (Å²) in [6.07, 6.45) is 0.470. The van der Waals surface area contributed by atoms with Gasteiger partial charge < -0.3 is 15.6 Å². The van der Waals surface area contributed by atoms with E-state index in [1.807, 2.05) is 49.5 Å². The summed E-state index contributed by atoms with van der Waals surface area (Å²) in [4.78, 5) is 12.9. The van der Waals surface area contributed by atoms with Gasteiger partial charge in [0.25, 0.3) is 0 Å². The van der Waals surface area contributed by atoms with Gasteiger partial charge in [-0.15, -0.1) is 12.4 Å². The van der Waals surface area contributed by atoms with Crippen LogP contribution < -0.4 is 5.73 Å². The third-order valence-electron chi connectivity index (χ3n) is 4.33. The molecule has 8 heteroatoms. The monoisotopic (exact) mass is 433 g/mol. The molecule has 0 fully saturated rings. The second-order valence-electron chi connectivity index (χ2n) is 6.36. The van der Waals surface area contributed by atoms with Crippen LogP contribution in [0.5, 0.6) is 0 Å². The Balaban J connectivity index is 0.00000300. The fraction of sp³-hybridized carbons (Fsp3) is 0.238. The zero-order valence-electron chi connectivity index (χ0n) is 16.2. The first kappa shape index (κ1) is 23.0. The maximum atomic E-state index is 12.1. The van der Waals surface area contributed by atoms with E-state index in [1.165, 1.54) is 18.9 Å². The SMILES string of the molecule is COC(=O)c1ccccc1Sc1c(CC(N)CO)c(-c2ccccc2)nn1C.Cl. The van der Waals surface area contributed by atoms with Gasteiger partial charge in [0.05, 0.1) is 25.0 Å². The zero-order valence-corrected chi connectivity index (χ0v) is 17.9. The highest BCUT2D eigenvalue weighted by Crippen LogP contribution is 2.37. The number of esters is 1. The molecule has 154 valence electrons. The summed E-state index contributed by atoms with van der Waals surface area (Å²) in [6, 6.07) is 16.7. The molecule has 0 bridgehead atoms. The van der Waals surface area contributed by atoms with E-state index < -0.39 is 6.04 Å². The third kappa shape index (κ3) is 5.19. The molecule has 0 radical (unpaired) electrons. The number of halogens is 1. The molecule has 1 atom stereocenters. The van der Waals surface area contributed by atoms with E-state index in [0.29, 0.717) is 12.0 Å². The van der Waals surface area contributed by atoms with Gasteiger partial charge in [-0.1, -0.05) is 54.2 Å². The number of nitrogens with two attached hydrogens (primary N) is 1. The van der Waals surface area contributed by atoms with Crippen LogP contribution in [-0.4, -0.2) is 40.6 Å². The van der Waals surface area contributed by atoms with E-state index in [0.717, 1.165) is 26.7 Å². The van der Waals surface area contributed by atoms with Crippen LogP contribution in [0.25, 0.3) is 11.3 Å². The quantitative estimate of drug-likeness (QED) is 0.555. The largest absolute Gasteiger partial charge is 0.465 e. The molecule has 1 unspecified atom stereocenters. The first-order valence-corrected chi connectivity index (χ1v) is 9.69. The predicted molar refractivity (Wildman–Crippen MR) is 117 cm³/mol. The van der Waals surface area contributed by atoms with Gasteiger partial charge >= 0.3 is 5.97 Å². The Bertz CT molecular complexity index is 963. The highest BCUT2D eigenvalue weighted by atomic mass is 35.5. The van der Waals surface area contributed by atoms with Gasteiger partial charge in [-0.2, -0.15) is 5.10 Å². The molecule has 0 aliphatic carbocycles. The van der Waals surface area contributed by atoms with Crippen molar-refractivity contribution in [3.05, 3.63) is 65.7 Å². The summed E-state index contributed by atoms with van der Waals surface area (Å²) >= 11 is 1.44. The molecule has 1 aromatic heterocycles. The van der Waals surface area contributed by atoms with Crippen molar-refractivity contribution >= 4 is 30.1 Å². The molecule has 3 rings (SSSR count). The fourth-order valence-corrected chi connectivity index (χ4v) is 4.05. The average Bonchev–Trinajstić information content (AvgIpc) is 3.03. The van der Waals surface area contributed by atoms with Crippen LogP contribution in [0.1, 0.15) is 15.9 Å². The molecule has 29 heavy (non-hydrogen) atoms. The number of aromatic nitrogens is 2. The lowest BCUT2D eigenvalue weighted by atomic mass is 10.0. The van der Waals surface area contributed by atoms with Crippen LogP contribution in [-0.2, 0) is 18.2 Å². The highest BCUT2D eigenvalue weighted by Gasteiger charge is 2.22. The molecule has 0 spiro atoms. The molecule has 0 amide bonds. The standard InChI is InChI=1S/C21H23N3O3S.ClH/c1-24-20(28-18-11-7-6-10-16(18)21(26)27-2)17(12-15(22)13-25)19(23-24)14-8-4-3-5-9-14;/h3-11,15,25H,12-13,22H2,1-2H3;1H. The zero-order chi connectivity index (χ0) is 20.1. The number of aryl methyl sites for hydroxylation is 1. The molecule has 0 aliphatic rings. The lowest BCUT2D eigenvalue weighted by Gasteiger charge is -2.12. The van der Waals surface area contributed by atoms with Crippen molar-refractivity contribution in [2.75, 3.05) is 13.7 Å². The molecule has 1 heterocycles. The Morgan fingerprint density at radius 2 is 1.86 bits per heavy atom. The van der Waals surface area contributed by atoms with E-state index in [4.69, 9.17) is 15.6 Å². The second-order valence-corrected chi connectivity index (χ2v) is 7.39. The van der Waals surface area contributed by atoms with Crippen molar-refractivity contribution < 1.29 is 14.6 Å². The normalized spacial score (nSPS) is 11.6. The maximum absolute atomic E-state index is 12.1. The summed E-state index contributed by atoms with van der Waals surface area (Å²) in [5.41, 5.74) is 9.29. The molecule has 3 N–H and O–H groups in total. The number of methoxy groups -OCH3 is 1. The van der Waals surface area contributed by atoms with Gasteiger partial charge in [-0.05, 0) is 18.6 Å². The van der Waals surface area contributed by atoms with Crippen LogP contribution in [0, 0.1) is 0 Å². The van der Waals surface area contributed by atoms with Gasteiger partial charge in [-0.3, -0.25) is 4.68 Å². The third-order valence-corrected chi connectivity index (χ3v) is 5.61. The number of benzene rings is 2. The number of aliphatic hydroxyl groups is 1. The van der Waals surface area contributed by atoms with Crippen LogP contribution in [0.2, 0.25) is 0 Å². The number of carbonyl (C=O) groups excluding carboxylic acids is 1. The lowest BCUT2D eigenvalue weighted by molar-refractivity contribution is 0.0597. The van der Waals surface area contributed by atoms with Crippen LogP contribution in [0.15, 0.2) is 64.5 Å². The van der Waals surface area contributed by atoms with Crippen molar-refractivity contribution in [2.45, 2.75) is 22.4 Å². The van der Waals surface area contributed by atoms with Gasteiger partial charge in [0.2, 0.25) is 0 Å². The summed E-state index contributed by atoms with van der Waals surface area (Å²) in [6.45, 7) is -0.119. The molecule has 2 aromatic carbocycles. The summed E-state index contributed by atoms with van der Waals surface area (Å²) in [7, 11) is 3.23. The molecule has 0 saturated carbocycles. The fourth-order valence-electron chi connectivity index (χ4n) is 2.96. The van der Waals surface area contributed by atoms with Crippen LogP contribution in [0.3, 0.4) is 0 Å². The lowest BCUT2D eigenvalue weighted by Crippen LogP contribution is -2.27. The Kier molecular flexibility index (Phi) is 8.28. The molecule has 0 saturated heterocycles. The minimum absolute atomic E-state index is 0. The number of ether oxygens (including phenoxy) is 1. The Morgan fingerprint density at radius 3 is 2.52 bits per heavy atom. The molecular weight excluding hydrogens is 410 g/mol. The number of hydrogen-bond donors (Lipinski definition) is 2. The second kappa shape index (κ2) is 10.5. The molecule has 6 nitrogen and oxygen atoms in total. The van der Waals surface area contributed by atoms with E-state index in [1.54, 1.807) is 16.8 Å². The van der Waals surface area contributed by atoms with E-state index in [9.17, 15) is 9.90 Å². The minimum atomic E-state index is -0.401. The summed E-state index contributed by atoms with van der Waals surface area (Å²) < 4.78 is 6.70. The number of hydrogen-bond acceptors (Lipinski definition) is 6. The number of aliphatic hydroxyl groups excluding tert-OH is 1. The van der Waals surface area contributed by atoms with Gasteiger partial charge in [0.1, 0.15) is 5.03 Å². The Morgan fingerprint density at radius 1 is 1.21 bits per heavy atom. The van der Waals surface area contributed by atoms with Crippen molar-refractivity contribution in [3.63, 3.8) is 0 Å². The molecule has 3 aromatic rings. The Labute approximate surface area is 180 Å². The van der Waals surface area contributed by atoms with E-state index in [-0.39, 0.29) is 25.0 Å². The van der Waals surface area contributed by atoms with Crippen molar-refractivity contribution in [3.8, 4) is 11.3 Å². The number of rotatable bonds is 7. The highest BCUT2D eigenvalue weighted by molar-refractivity contribution is 7.99. The van der Waals surface area contributed by atoms with Gasteiger partial charge in [0.15, 0.2) is 0 Å². The minimum Gasteiger partial charge on any atom is -0.465 e. The number of carbonyl (C=O) groups is 1. The van der Waals surface area contributed by atoms with E-state index >= 15 is 0 Å². The van der Waals surface area contributed by atoms with Crippen molar-refractivity contribution in [1.82, 2.24) is 9.78 Å². The summed E-state index contributed by atoms with van der Waals surface area (Å²) in [5.74, 6) is -0.387. The average molecular weight is 434 g/mol. The number of nitrogens with zero attached hydrogens (tertiary/aromatic N) is 2. The topological polar surface area (TPSA) is 90.4 Å². The first-order chi connectivity index (χ1) is 13.5. The van der Waals surface area contributed by atoms with E-state index in [2.05, 4.69) is 0 Å². The first-order valence-electron chi connectivity index (χ1n) is 8.88. The smallest absolute Gasteiger partial charge is 0.339 e. The molecular formula is C21H24ClN3O3S. The maximum Gasteiger partial charge on any atom is 0.339 e. The van der Waals surface area contributed by atoms with Gasteiger partial charge in [0, 0.05) is 29.1 Å². The summed E-state index contributed by atoms with van der Waals surface area (Å²) in [5, 5.41) is 15.0. The van der Waals surface area contributed by atoms with Crippen LogP contribution >= 0.6 is 24.2 Å². The van der Waals surface area contributed by atoms with Crippen molar-refractivity contribution in [2.24, 2.45) is 12.8 Å². The predicted octanol–water partition coefficient (Wildman–Crippen LogP) is 3.31. The Hall–Kier alpha value is -2.32. The van der Waals surface area contributed by atoms with Gasteiger partial charge in [-0.25, -0.2) is 4.79 Å².